The minimum absolute atomic E-state index is 0.0111. The Balaban J connectivity index is 1.21. The molecule has 0 spiro atoms. The van der Waals surface area contributed by atoms with Crippen molar-refractivity contribution in [2.75, 3.05) is 20.4 Å². The minimum atomic E-state index is -0.925. The summed E-state index contributed by atoms with van der Waals surface area (Å²) in [6.45, 7) is 19.1. The van der Waals surface area contributed by atoms with Crippen molar-refractivity contribution >= 4 is 57.5 Å². The van der Waals surface area contributed by atoms with E-state index in [4.69, 9.17) is 47.1 Å². The molecule has 7 rings (SSSR count). The number of benzene rings is 1. The molecule has 0 radical (unpaired) electrons. The van der Waals surface area contributed by atoms with Gasteiger partial charge in [0.1, 0.15) is 28.7 Å². The molecule has 1 aromatic carbocycles. The number of pyridine rings is 1. The summed E-state index contributed by atoms with van der Waals surface area (Å²) in [4.78, 5) is 70.6. The van der Waals surface area contributed by atoms with Crippen LogP contribution in [0.4, 0.5) is 0 Å². The first-order valence-electron chi connectivity index (χ1n) is 20.9. The summed E-state index contributed by atoms with van der Waals surface area (Å²) in [5.41, 5.74) is -0.00409. The molecule has 1 saturated heterocycles. The average molecular weight is 847 g/mol. The van der Waals surface area contributed by atoms with Crippen LogP contribution in [0.5, 0.6) is 11.5 Å². The molecule has 12 nitrogen and oxygen atoms in total. The molecule has 0 bridgehead atoms. The van der Waals surface area contributed by atoms with Gasteiger partial charge in [-0.25, -0.2) is 16.5 Å². The molecule has 4 fully saturated rings. The van der Waals surface area contributed by atoms with Crippen molar-refractivity contribution < 1.29 is 38.1 Å². The van der Waals surface area contributed by atoms with E-state index in [0.717, 1.165) is 30.7 Å². The van der Waals surface area contributed by atoms with Crippen molar-refractivity contribution in [1.82, 2.24) is 14.9 Å². The number of halogens is 1. The molecule has 1 aliphatic heterocycles. The molecule has 3 aliphatic carbocycles. The highest BCUT2D eigenvalue weighted by molar-refractivity contribution is 7.09. The van der Waals surface area contributed by atoms with E-state index in [9.17, 15) is 19.2 Å². The van der Waals surface area contributed by atoms with E-state index in [0.29, 0.717) is 58.0 Å². The first kappa shape index (κ1) is 42.8. The van der Waals surface area contributed by atoms with E-state index in [1.165, 1.54) is 13.5 Å². The number of amides is 1. The van der Waals surface area contributed by atoms with Crippen LogP contribution in [-0.2, 0) is 35.1 Å². The summed E-state index contributed by atoms with van der Waals surface area (Å²) in [7, 11) is 1.34. The lowest BCUT2D eigenvalue weighted by Gasteiger charge is -2.35. The number of rotatable bonds is 16. The van der Waals surface area contributed by atoms with Crippen molar-refractivity contribution in [1.29, 1.82) is 0 Å². The Bertz CT molecular complexity index is 2150. The normalized spacial score (nSPS) is 26.3. The number of hydrogen-bond acceptors (Lipinski definition) is 11. The highest BCUT2D eigenvalue weighted by atomic mass is 35.5. The minimum Gasteiger partial charge on any atom is -0.488 e. The Morgan fingerprint density at radius 1 is 1.05 bits per heavy atom. The Morgan fingerprint density at radius 2 is 1.80 bits per heavy atom. The summed E-state index contributed by atoms with van der Waals surface area (Å²) in [5, 5.41) is 3.70. The number of carbonyl (C=O) groups is 4. The van der Waals surface area contributed by atoms with Crippen molar-refractivity contribution in [2.24, 2.45) is 40.4 Å². The highest BCUT2D eigenvalue weighted by Gasteiger charge is 2.62. The van der Waals surface area contributed by atoms with Crippen LogP contribution in [0.2, 0.25) is 5.02 Å². The molecular weight excluding hydrogens is 792 g/mol. The second kappa shape index (κ2) is 17.0. The van der Waals surface area contributed by atoms with Gasteiger partial charge in [0.2, 0.25) is 5.91 Å². The number of fused-ring (bicyclic) bond motifs is 2. The maximum atomic E-state index is 14.9. The van der Waals surface area contributed by atoms with Gasteiger partial charge in [-0.2, -0.15) is 0 Å². The van der Waals surface area contributed by atoms with E-state index in [-0.39, 0.29) is 61.3 Å². The number of ether oxygens (including phenoxy) is 4. The fraction of sp³-hybridized carbons (Fsp3) is 0.622. The van der Waals surface area contributed by atoms with Gasteiger partial charge in [-0.3, -0.25) is 24.0 Å². The van der Waals surface area contributed by atoms with Crippen LogP contribution in [0.3, 0.4) is 0 Å². The van der Waals surface area contributed by atoms with E-state index < -0.39 is 40.8 Å². The zero-order valence-electron chi connectivity index (χ0n) is 35.0. The third kappa shape index (κ3) is 9.09. The second-order valence-electron chi connectivity index (χ2n) is 18.5. The number of likely N-dealkylation sites (tertiary alicyclic amines) is 1. The Hall–Kier alpha value is -4.28. The standard InChI is InChI=1S/C45H55ClN4O8S/c1-9-27-19-45(27,43(54)55-8)20-35(51)34-16-29(21-50(34)42(53)31(44(4,5)6)17-39(52)58-28-14-25-13-26(25)15-28)57-37-18-32(33-22-59-38(48-33)12-24(2)3)49-41-30(37)10-11-36(40(41)46)56-23-47-7/h10-11,18,22,24-29,31,34H,9,12-17,19-21,23H2,1-6,8H3/t25-,26+,27-,28?,29+,31-,34+,45-/m1/s1. The monoisotopic (exact) mass is 846 g/mol. The molecule has 0 N–H and O–H groups in total. The molecule has 3 heterocycles. The molecule has 3 saturated carbocycles. The predicted octanol–water partition coefficient (Wildman–Crippen LogP) is 8.76. The number of ketones is 1. The van der Waals surface area contributed by atoms with Crippen LogP contribution in [0, 0.1) is 47.0 Å². The van der Waals surface area contributed by atoms with Gasteiger partial charge >= 0.3 is 18.7 Å². The lowest BCUT2D eigenvalue weighted by atomic mass is 9.77. The maximum absolute atomic E-state index is 14.9. The molecule has 14 heteroatoms. The van der Waals surface area contributed by atoms with E-state index >= 15 is 0 Å². The quantitative estimate of drug-likeness (QED) is 0.102. The second-order valence-corrected chi connectivity index (χ2v) is 19.8. The van der Waals surface area contributed by atoms with Gasteiger partial charge in [0.15, 0.2) is 5.78 Å². The summed E-state index contributed by atoms with van der Waals surface area (Å²) in [6.07, 6.45) is 4.27. The Morgan fingerprint density at radius 3 is 2.44 bits per heavy atom. The van der Waals surface area contributed by atoms with Crippen LogP contribution in [0.25, 0.3) is 27.1 Å². The average Bonchev–Trinajstić information content (AvgIpc) is 3.85. The number of hydrogen-bond donors (Lipinski definition) is 0. The maximum Gasteiger partial charge on any atom is 0.357 e. The third-order valence-corrected chi connectivity index (χ3v) is 14.0. The summed E-state index contributed by atoms with van der Waals surface area (Å²) in [5.74, 6) is 0.279. The fourth-order valence-electron chi connectivity index (χ4n) is 9.34. The number of Topliss-reactive ketones (excluding diaryl/α,β-unsaturated/α-hetero) is 1. The van der Waals surface area contributed by atoms with Crippen molar-refractivity contribution in [2.45, 2.75) is 118 Å². The molecule has 4 aliphatic rings. The van der Waals surface area contributed by atoms with Crippen molar-refractivity contribution in [3.63, 3.8) is 0 Å². The Kier molecular flexibility index (Phi) is 12.3. The largest absolute Gasteiger partial charge is 0.488 e. The Labute approximate surface area is 355 Å². The van der Waals surface area contributed by atoms with Crippen molar-refractivity contribution in [3.8, 4) is 22.9 Å². The topological polar surface area (TPSA) is 139 Å². The first-order chi connectivity index (χ1) is 28.0. The fourth-order valence-corrected chi connectivity index (χ4v) is 10.6. The zero-order valence-corrected chi connectivity index (χ0v) is 36.6. The molecule has 1 amide bonds. The summed E-state index contributed by atoms with van der Waals surface area (Å²) < 4.78 is 23.6. The third-order valence-electron chi connectivity index (χ3n) is 12.8. The van der Waals surface area contributed by atoms with E-state index in [2.05, 4.69) is 18.7 Å². The van der Waals surface area contributed by atoms with Gasteiger partial charge in [-0.15, -0.1) is 11.3 Å². The number of esters is 2. The molecule has 316 valence electrons. The number of aromatic nitrogens is 2. The van der Waals surface area contributed by atoms with Gasteiger partial charge in [0.25, 0.3) is 0 Å². The van der Waals surface area contributed by atoms with Gasteiger partial charge in [-0.05, 0) is 66.9 Å². The van der Waals surface area contributed by atoms with Gasteiger partial charge < -0.3 is 23.8 Å². The van der Waals surface area contributed by atoms with Crippen LogP contribution < -0.4 is 9.47 Å². The van der Waals surface area contributed by atoms with E-state index in [1.807, 2.05) is 33.1 Å². The van der Waals surface area contributed by atoms with Gasteiger partial charge in [-0.1, -0.05) is 59.6 Å². The number of thiazole rings is 1. The molecule has 3 aromatic rings. The molecule has 2 aromatic heterocycles. The molecular formula is C45H55ClN4O8S. The van der Waals surface area contributed by atoms with Crippen LogP contribution in [0.15, 0.2) is 23.6 Å². The number of methoxy groups -OCH3 is 1. The van der Waals surface area contributed by atoms with Crippen LogP contribution >= 0.6 is 22.9 Å². The highest BCUT2D eigenvalue weighted by Crippen LogP contribution is 2.58. The number of carbonyl (C=O) groups excluding carboxylic acids is 4. The lowest BCUT2D eigenvalue weighted by Crippen LogP contribution is -2.48. The van der Waals surface area contributed by atoms with Crippen LogP contribution in [-0.4, -0.2) is 77.1 Å². The van der Waals surface area contributed by atoms with Crippen molar-refractivity contribution in [3.05, 3.63) is 45.0 Å². The van der Waals surface area contributed by atoms with Crippen LogP contribution in [0.1, 0.15) is 97.9 Å². The first-order valence-corrected chi connectivity index (χ1v) is 22.1. The molecule has 1 unspecified atom stereocenters. The van der Waals surface area contributed by atoms with Gasteiger partial charge in [0.05, 0.1) is 59.4 Å². The number of nitrogens with zero attached hydrogens (tertiary/aromatic N) is 4. The smallest absolute Gasteiger partial charge is 0.357 e. The van der Waals surface area contributed by atoms with E-state index in [1.54, 1.807) is 34.4 Å². The summed E-state index contributed by atoms with van der Waals surface area (Å²) in [6, 6.07) is 4.33. The zero-order chi connectivity index (χ0) is 42.4. The molecule has 8 atom stereocenters. The lowest BCUT2D eigenvalue weighted by molar-refractivity contribution is -0.157. The van der Waals surface area contributed by atoms with Gasteiger partial charge in [0, 0.05) is 36.1 Å². The SMILES string of the molecule is [C-]#[N+]COc1ccc2c(O[C@H]3C[C@@H](C(=O)C[C@]4(C(=O)OC)C[C@H]4CC)N(C(=O)[C@@H](CC(=O)OC4C[C@@H]5C[C@@H]5C4)C(C)(C)C)C3)cc(-c3csc(CC(C)C)n3)nc2c1Cl. The summed E-state index contributed by atoms with van der Waals surface area (Å²) >= 11 is 8.45. The predicted molar refractivity (Wildman–Crippen MR) is 224 cm³/mol. The molecule has 59 heavy (non-hydrogen) atoms.